The third-order valence-electron chi connectivity index (χ3n) is 3.88. The molecule has 1 aliphatic heterocycles. The van der Waals surface area contributed by atoms with Gasteiger partial charge in [-0.15, -0.1) is 0 Å². The van der Waals surface area contributed by atoms with E-state index in [9.17, 15) is 0 Å². The van der Waals surface area contributed by atoms with Crippen LogP contribution in [0.2, 0.25) is 0 Å². The van der Waals surface area contributed by atoms with E-state index in [0.717, 1.165) is 32.5 Å². The van der Waals surface area contributed by atoms with Gasteiger partial charge in [0.2, 0.25) is 0 Å². The summed E-state index contributed by atoms with van der Waals surface area (Å²) in [6.45, 7) is 3.02. The number of rotatable bonds is 5. The van der Waals surface area contributed by atoms with Crippen LogP contribution in [0.3, 0.4) is 0 Å². The van der Waals surface area contributed by atoms with Crippen LogP contribution >= 0.6 is 0 Å². The van der Waals surface area contributed by atoms with Gasteiger partial charge in [-0.25, -0.2) is 4.98 Å². The zero-order chi connectivity index (χ0) is 13.8. The summed E-state index contributed by atoms with van der Waals surface area (Å²) >= 11 is 0. The number of pyridine rings is 1. The SMILES string of the molecule is CN(CCc1ccncc1)CC1Cc2nc[nH]c2CN1. The van der Waals surface area contributed by atoms with Crippen molar-refractivity contribution in [1.29, 1.82) is 0 Å². The topological polar surface area (TPSA) is 56.8 Å². The van der Waals surface area contributed by atoms with Crippen molar-refractivity contribution in [2.24, 2.45) is 0 Å². The van der Waals surface area contributed by atoms with E-state index >= 15 is 0 Å². The number of imidazole rings is 1. The molecule has 1 atom stereocenters. The second-order valence-electron chi connectivity index (χ2n) is 5.48. The molecule has 5 nitrogen and oxygen atoms in total. The smallest absolute Gasteiger partial charge is 0.0925 e. The average Bonchev–Trinajstić information content (AvgIpc) is 2.94. The Kier molecular flexibility index (Phi) is 4.08. The Balaban J connectivity index is 1.46. The lowest BCUT2D eigenvalue weighted by Crippen LogP contribution is -2.44. The molecule has 0 aromatic carbocycles. The molecule has 1 aliphatic rings. The highest BCUT2D eigenvalue weighted by Crippen LogP contribution is 2.12. The van der Waals surface area contributed by atoms with E-state index in [1.165, 1.54) is 17.0 Å². The summed E-state index contributed by atoms with van der Waals surface area (Å²) in [6, 6.07) is 4.67. The van der Waals surface area contributed by atoms with Gasteiger partial charge < -0.3 is 15.2 Å². The van der Waals surface area contributed by atoms with Crippen LogP contribution in [0, 0.1) is 0 Å². The molecule has 0 bridgehead atoms. The fourth-order valence-corrected chi connectivity index (χ4v) is 2.70. The van der Waals surface area contributed by atoms with Crippen LogP contribution in [-0.4, -0.2) is 46.0 Å². The minimum Gasteiger partial charge on any atom is -0.347 e. The Morgan fingerprint density at radius 1 is 1.35 bits per heavy atom. The van der Waals surface area contributed by atoms with Crippen molar-refractivity contribution in [3.05, 3.63) is 47.8 Å². The molecule has 0 radical (unpaired) electrons. The maximum Gasteiger partial charge on any atom is 0.0925 e. The Labute approximate surface area is 119 Å². The number of hydrogen-bond acceptors (Lipinski definition) is 4. The van der Waals surface area contributed by atoms with Gasteiger partial charge in [0, 0.05) is 44.5 Å². The lowest BCUT2D eigenvalue weighted by Gasteiger charge is -2.27. The predicted octanol–water partition coefficient (Wildman–Crippen LogP) is 0.993. The van der Waals surface area contributed by atoms with E-state index in [1.807, 2.05) is 12.4 Å². The number of fused-ring (bicyclic) bond motifs is 1. The van der Waals surface area contributed by atoms with E-state index in [0.29, 0.717) is 6.04 Å². The molecule has 0 fully saturated rings. The normalized spacial score (nSPS) is 18.2. The highest BCUT2D eigenvalue weighted by atomic mass is 15.1. The van der Waals surface area contributed by atoms with E-state index in [1.54, 1.807) is 6.33 Å². The third kappa shape index (κ3) is 3.23. The monoisotopic (exact) mass is 271 g/mol. The first-order valence-corrected chi connectivity index (χ1v) is 7.13. The van der Waals surface area contributed by atoms with E-state index in [2.05, 4.69) is 44.3 Å². The maximum absolute atomic E-state index is 4.39. The first kappa shape index (κ1) is 13.3. The number of likely N-dealkylation sites (N-methyl/N-ethyl adjacent to an activating group) is 1. The summed E-state index contributed by atoms with van der Waals surface area (Å²) in [7, 11) is 2.18. The summed E-state index contributed by atoms with van der Waals surface area (Å²) in [4.78, 5) is 14.0. The maximum atomic E-state index is 4.39. The van der Waals surface area contributed by atoms with Gasteiger partial charge in [-0.2, -0.15) is 0 Å². The van der Waals surface area contributed by atoms with Crippen molar-refractivity contribution in [2.45, 2.75) is 25.4 Å². The molecule has 0 aliphatic carbocycles. The first-order valence-electron chi connectivity index (χ1n) is 7.13. The Hall–Kier alpha value is -1.72. The number of nitrogens with one attached hydrogen (secondary N) is 2. The Morgan fingerprint density at radius 3 is 3.05 bits per heavy atom. The van der Waals surface area contributed by atoms with Crippen molar-refractivity contribution < 1.29 is 0 Å². The molecule has 20 heavy (non-hydrogen) atoms. The van der Waals surface area contributed by atoms with Crippen molar-refractivity contribution in [3.63, 3.8) is 0 Å². The highest BCUT2D eigenvalue weighted by Gasteiger charge is 2.20. The molecule has 3 heterocycles. The van der Waals surface area contributed by atoms with Gasteiger partial charge in [-0.05, 0) is 31.2 Å². The molecule has 1 unspecified atom stereocenters. The molecule has 0 amide bonds. The number of H-pyrrole nitrogens is 1. The standard InChI is InChI=1S/C15H21N5/c1-20(7-4-12-2-5-16-6-3-12)10-13-8-14-15(9-17-13)19-11-18-14/h2-3,5-6,11,13,17H,4,7-10H2,1H3,(H,18,19). The van der Waals surface area contributed by atoms with Gasteiger partial charge in [-0.1, -0.05) is 0 Å². The molecule has 0 saturated heterocycles. The van der Waals surface area contributed by atoms with Gasteiger partial charge in [0.15, 0.2) is 0 Å². The molecule has 2 aromatic heterocycles. The molecular formula is C15H21N5. The minimum absolute atomic E-state index is 0.494. The van der Waals surface area contributed by atoms with Crippen molar-refractivity contribution >= 4 is 0 Å². The van der Waals surface area contributed by atoms with E-state index < -0.39 is 0 Å². The molecule has 5 heteroatoms. The third-order valence-corrected chi connectivity index (χ3v) is 3.88. The highest BCUT2D eigenvalue weighted by molar-refractivity contribution is 5.16. The quantitative estimate of drug-likeness (QED) is 0.851. The van der Waals surface area contributed by atoms with Crippen molar-refractivity contribution in [1.82, 2.24) is 25.2 Å². The second-order valence-corrected chi connectivity index (χ2v) is 5.48. The van der Waals surface area contributed by atoms with Crippen LogP contribution in [0.15, 0.2) is 30.9 Å². The lowest BCUT2D eigenvalue weighted by atomic mass is 10.0. The van der Waals surface area contributed by atoms with Crippen LogP contribution in [0.4, 0.5) is 0 Å². The van der Waals surface area contributed by atoms with Crippen LogP contribution in [0.25, 0.3) is 0 Å². The molecule has 2 N–H and O–H groups in total. The van der Waals surface area contributed by atoms with Gasteiger partial charge in [0.05, 0.1) is 17.7 Å². The number of aromatic nitrogens is 3. The van der Waals surface area contributed by atoms with Crippen LogP contribution < -0.4 is 5.32 Å². The predicted molar refractivity (Wildman–Crippen MR) is 78.4 cm³/mol. The largest absolute Gasteiger partial charge is 0.347 e. The average molecular weight is 271 g/mol. The zero-order valence-electron chi connectivity index (χ0n) is 11.8. The summed E-state index contributed by atoms with van der Waals surface area (Å²) in [5, 5.41) is 3.57. The lowest BCUT2D eigenvalue weighted by molar-refractivity contribution is 0.281. The molecule has 0 saturated carbocycles. The van der Waals surface area contributed by atoms with Crippen molar-refractivity contribution in [3.8, 4) is 0 Å². The number of nitrogens with zero attached hydrogens (tertiary/aromatic N) is 3. The summed E-state index contributed by atoms with van der Waals surface area (Å²) in [5.74, 6) is 0. The number of aromatic amines is 1. The van der Waals surface area contributed by atoms with Gasteiger partial charge in [-0.3, -0.25) is 4.98 Å². The van der Waals surface area contributed by atoms with Gasteiger partial charge in [0.1, 0.15) is 0 Å². The Morgan fingerprint density at radius 2 is 2.20 bits per heavy atom. The Bertz CT molecular complexity index is 536. The van der Waals surface area contributed by atoms with E-state index in [4.69, 9.17) is 0 Å². The van der Waals surface area contributed by atoms with Gasteiger partial charge in [0.25, 0.3) is 0 Å². The molecular weight excluding hydrogens is 250 g/mol. The first-order chi connectivity index (χ1) is 9.81. The number of hydrogen-bond donors (Lipinski definition) is 2. The second kappa shape index (κ2) is 6.15. The molecule has 106 valence electrons. The van der Waals surface area contributed by atoms with Crippen molar-refractivity contribution in [2.75, 3.05) is 20.1 Å². The molecule has 2 aromatic rings. The summed E-state index contributed by atoms with van der Waals surface area (Å²) in [5.41, 5.74) is 3.80. The minimum atomic E-state index is 0.494. The van der Waals surface area contributed by atoms with Crippen LogP contribution in [0.5, 0.6) is 0 Å². The fourth-order valence-electron chi connectivity index (χ4n) is 2.70. The molecule has 0 spiro atoms. The van der Waals surface area contributed by atoms with Gasteiger partial charge >= 0.3 is 0 Å². The zero-order valence-corrected chi connectivity index (χ0v) is 11.8. The summed E-state index contributed by atoms with van der Waals surface area (Å²) < 4.78 is 0. The summed E-state index contributed by atoms with van der Waals surface area (Å²) in [6.07, 6.45) is 7.59. The van der Waals surface area contributed by atoms with Crippen LogP contribution in [-0.2, 0) is 19.4 Å². The fraction of sp³-hybridized carbons (Fsp3) is 0.467. The molecule has 3 rings (SSSR count). The van der Waals surface area contributed by atoms with E-state index in [-0.39, 0.29) is 0 Å². The van der Waals surface area contributed by atoms with Crippen LogP contribution in [0.1, 0.15) is 17.0 Å².